The maximum Gasteiger partial charge on any atom is 1.00 e. The van der Waals surface area contributed by atoms with E-state index in [-0.39, 0.29) is 29.6 Å². The Morgan fingerprint density at radius 1 is 1.00 bits per heavy atom. The number of ether oxygens (including phenoxy) is 1. The Balaban J connectivity index is 0.00000320. The van der Waals surface area contributed by atoms with Crippen molar-refractivity contribution in [2.75, 3.05) is 5.32 Å². The van der Waals surface area contributed by atoms with E-state index in [4.69, 9.17) is 16.3 Å². The van der Waals surface area contributed by atoms with Crippen LogP contribution in [0.1, 0.15) is 37.0 Å². The number of nitrogens with one attached hydrogen (secondary N) is 1. The average molecular weight is 524 g/mol. The molecule has 37 heavy (non-hydrogen) atoms. The first kappa shape index (κ1) is 26.9. The summed E-state index contributed by atoms with van der Waals surface area (Å²) in [6.45, 7) is 1.76. The van der Waals surface area contributed by atoms with E-state index >= 15 is 0 Å². The molecule has 0 radical (unpaired) electrons. The van der Waals surface area contributed by atoms with Crippen LogP contribution in [0.2, 0.25) is 5.02 Å². The van der Waals surface area contributed by atoms with E-state index in [1.54, 1.807) is 29.9 Å². The number of anilines is 1. The second kappa shape index (κ2) is 11.1. The molecule has 9 heteroatoms. The predicted octanol–water partition coefficient (Wildman–Crippen LogP) is 2.29. The molecule has 0 aliphatic heterocycles. The molecular formula is C28H23ClN3NaO4. The van der Waals surface area contributed by atoms with Crippen molar-refractivity contribution in [1.29, 1.82) is 0 Å². The Hall–Kier alpha value is -3.10. The Morgan fingerprint density at radius 3 is 2.22 bits per heavy atom. The van der Waals surface area contributed by atoms with Gasteiger partial charge in [-0.15, -0.1) is 0 Å². The molecule has 3 aromatic carbocycles. The van der Waals surface area contributed by atoms with Crippen LogP contribution in [-0.2, 0) is 14.9 Å². The third kappa shape index (κ3) is 5.60. The van der Waals surface area contributed by atoms with Crippen molar-refractivity contribution in [3.05, 3.63) is 101 Å². The molecule has 0 saturated heterocycles. The van der Waals surface area contributed by atoms with Gasteiger partial charge in [0.05, 0.1) is 17.9 Å². The number of hydrogen-bond acceptors (Lipinski definition) is 5. The van der Waals surface area contributed by atoms with Crippen molar-refractivity contribution in [2.45, 2.75) is 31.3 Å². The van der Waals surface area contributed by atoms with Crippen molar-refractivity contribution in [2.24, 2.45) is 0 Å². The van der Waals surface area contributed by atoms with Gasteiger partial charge in [-0.05, 0) is 54.7 Å². The molecule has 1 heterocycles. The molecule has 182 valence electrons. The van der Waals surface area contributed by atoms with Gasteiger partial charge in [-0.2, -0.15) is 5.10 Å². The molecule has 1 N–H and O–H groups in total. The zero-order chi connectivity index (χ0) is 25.3. The number of benzene rings is 3. The molecule has 1 fully saturated rings. The zero-order valence-electron chi connectivity index (χ0n) is 20.5. The van der Waals surface area contributed by atoms with Crippen LogP contribution in [0.4, 0.5) is 10.6 Å². The summed E-state index contributed by atoms with van der Waals surface area (Å²) in [6.07, 6.45) is 1.69. The smallest absolute Gasteiger partial charge is 0.549 e. The van der Waals surface area contributed by atoms with Crippen LogP contribution in [0.3, 0.4) is 0 Å². The van der Waals surface area contributed by atoms with Crippen molar-refractivity contribution in [3.8, 4) is 16.8 Å². The third-order valence-corrected chi connectivity index (χ3v) is 6.87. The van der Waals surface area contributed by atoms with Gasteiger partial charge in [0.15, 0.2) is 0 Å². The van der Waals surface area contributed by atoms with Gasteiger partial charge < -0.3 is 14.6 Å². The zero-order valence-corrected chi connectivity index (χ0v) is 23.2. The summed E-state index contributed by atoms with van der Waals surface area (Å²) >= 11 is 6.20. The van der Waals surface area contributed by atoms with Gasteiger partial charge in [0.2, 0.25) is 0 Å². The molecule has 5 rings (SSSR count). The van der Waals surface area contributed by atoms with Crippen LogP contribution in [-0.4, -0.2) is 21.8 Å². The summed E-state index contributed by atoms with van der Waals surface area (Å²) in [5.41, 5.74) is 3.37. The van der Waals surface area contributed by atoms with Gasteiger partial charge in [-0.1, -0.05) is 66.2 Å². The summed E-state index contributed by atoms with van der Waals surface area (Å²) in [4.78, 5) is 24.0. The fourth-order valence-corrected chi connectivity index (χ4v) is 4.57. The van der Waals surface area contributed by atoms with E-state index < -0.39 is 23.6 Å². The van der Waals surface area contributed by atoms with Crippen LogP contribution in [0.25, 0.3) is 16.8 Å². The minimum absolute atomic E-state index is 0. The van der Waals surface area contributed by atoms with Gasteiger partial charge in [0.1, 0.15) is 11.9 Å². The van der Waals surface area contributed by atoms with Crippen LogP contribution in [0.15, 0.2) is 85.1 Å². The number of aromatic nitrogens is 2. The number of aliphatic carboxylic acids is 1. The van der Waals surface area contributed by atoms with Crippen LogP contribution in [0.5, 0.6) is 0 Å². The Labute approximate surface area is 241 Å². The first-order valence-corrected chi connectivity index (χ1v) is 11.9. The fraction of sp³-hybridized carbons (Fsp3) is 0.179. The standard InChI is InChI=1S/C28H24ClN3O4.Na/c1-18(23-4-2-3-5-24(23)29)36-27(35)31-25-14-17-30-32(25)22-12-8-20(9-13-22)19-6-10-21(11-7-19)28(15-16-28)26(33)34;/h2-14,17-18H,15-16H2,1H3,(H,31,35)(H,33,34);/q;+1/p-1/t18-;/m1./s1. The van der Waals surface area contributed by atoms with E-state index in [2.05, 4.69) is 10.4 Å². The SMILES string of the molecule is C[C@@H](OC(=O)Nc1ccnn1-c1ccc(-c2ccc(C3(C(=O)[O-])CC3)cc2)cc1)c1ccccc1Cl.[Na+]. The molecule has 0 bridgehead atoms. The minimum Gasteiger partial charge on any atom is -0.549 e. The molecule has 4 aromatic rings. The molecule has 0 spiro atoms. The number of halogens is 1. The number of rotatable bonds is 7. The first-order valence-electron chi connectivity index (χ1n) is 11.6. The van der Waals surface area contributed by atoms with Gasteiger partial charge in [-0.25, -0.2) is 9.48 Å². The second-order valence-corrected chi connectivity index (χ2v) is 9.22. The number of carbonyl (C=O) groups excluding carboxylic acids is 2. The maximum absolute atomic E-state index is 12.5. The van der Waals surface area contributed by atoms with Crippen LogP contribution in [0, 0.1) is 0 Å². The van der Waals surface area contributed by atoms with E-state index in [0.29, 0.717) is 23.7 Å². The normalized spacial score (nSPS) is 14.2. The summed E-state index contributed by atoms with van der Waals surface area (Å²) in [7, 11) is 0. The van der Waals surface area contributed by atoms with E-state index in [1.807, 2.05) is 66.7 Å². The predicted molar refractivity (Wildman–Crippen MR) is 135 cm³/mol. The van der Waals surface area contributed by atoms with Crippen molar-refractivity contribution in [3.63, 3.8) is 0 Å². The van der Waals surface area contributed by atoms with Crippen molar-refractivity contribution >= 4 is 29.5 Å². The molecule has 7 nitrogen and oxygen atoms in total. The number of nitrogens with zero attached hydrogens (tertiary/aromatic N) is 2. The summed E-state index contributed by atoms with van der Waals surface area (Å²) in [6, 6.07) is 24.1. The molecule has 1 aliphatic rings. The van der Waals surface area contributed by atoms with E-state index in [9.17, 15) is 14.7 Å². The summed E-state index contributed by atoms with van der Waals surface area (Å²) in [5, 5.41) is 19.0. The van der Waals surface area contributed by atoms with Crippen LogP contribution >= 0.6 is 11.6 Å². The Kier molecular flexibility index (Phi) is 8.09. The molecule has 0 unspecified atom stereocenters. The monoisotopic (exact) mass is 523 g/mol. The third-order valence-electron chi connectivity index (χ3n) is 6.52. The molecule has 1 atom stereocenters. The minimum atomic E-state index is -1.01. The Morgan fingerprint density at radius 2 is 1.62 bits per heavy atom. The van der Waals surface area contributed by atoms with Gasteiger partial charge in [0, 0.05) is 22.1 Å². The molecular weight excluding hydrogens is 501 g/mol. The number of amides is 1. The van der Waals surface area contributed by atoms with E-state index in [1.165, 1.54) is 0 Å². The number of hydrogen-bond donors (Lipinski definition) is 1. The van der Waals surface area contributed by atoms with Crippen LogP contribution < -0.4 is 40.0 Å². The number of carbonyl (C=O) groups is 2. The maximum atomic E-state index is 12.5. The number of carboxylic acids is 1. The van der Waals surface area contributed by atoms with Crippen molar-refractivity contribution < 1.29 is 49.0 Å². The van der Waals surface area contributed by atoms with E-state index in [0.717, 1.165) is 27.9 Å². The topological polar surface area (TPSA) is 96.3 Å². The number of carboxylic acid groups (broad SMARTS) is 1. The van der Waals surface area contributed by atoms with Gasteiger partial charge in [0.25, 0.3) is 0 Å². The summed E-state index contributed by atoms with van der Waals surface area (Å²) in [5.74, 6) is -0.550. The van der Waals surface area contributed by atoms with Crippen molar-refractivity contribution in [1.82, 2.24) is 9.78 Å². The molecule has 1 saturated carbocycles. The molecule has 1 amide bonds. The average Bonchev–Trinajstić information content (AvgIpc) is 3.58. The second-order valence-electron chi connectivity index (χ2n) is 8.82. The van der Waals surface area contributed by atoms with Gasteiger partial charge >= 0.3 is 35.7 Å². The molecule has 1 aliphatic carbocycles. The largest absolute Gasteiger partial charge is 1.00 e. The fourth-order valence-electron chi connectivity index (χ4n) is 4.28. The summed E-state index contributed by atoms with van der Waals surface area (Å²) < 4.78 is 7.10. The first-order chi connectivity index (χ1) is 17.4. The molecule has 1 aromatic heterocycles. The Bertz CT molecular complexity index is 1420. The van der Waals surface area contributed by atoms with Gasteiger partial charge in [-0.3, -0.25) is 5.32 Å². The quantitative estimate of drug-likeness (QED) is 0.375.